The largest absolute Gasteiger partial charge is 0.493 e. The van der Waals surface area contributed by atoms with E-state index in [-0.39, 0.29) is 10.8 Å². The topological polar surface area (TPSA) is 94.1 Å². The van der Waals surface area contributed by atoms with Crippen molar-refractivity contribution in [3.63, 3.8) is 0 Å². The zero-order chi connectivity index (χ0) is 18.1. The summed E-state index contributed by atoms with van der Waals surface area (Å²) < 4.78 is 46.0. The number of pyridine rings is 1. The van der Waals surface area contributed by atoms with Crippen LogP contribution in [0.25, 0.3) is 11.1 Å². The van der Waals surface area contributed by atoms with Gasteiger partial charge in [0, 0.05) is 36.1 Å². The molecule has 0 spiro atoms. The first-order valence-electron chi connectivity index (χ1n) is 7.73. The molecule has 1 aliphatic rings. The normalized spacial score (nSPS) is 13.1. The second-order valence-electron chi connectivity index (χ2n) is 5.66. The van der Waals surface area contributed by atoms with E-state index in [1.54, 1.807) is 12.1 Å². The molecule has 0 unspecified atom stereocenters. The zero-order valence-electron chi connectivity index (χ0n) is 13.4. The van der Waals surface area contributed by atoms with Gasteiger partial charge in [0.15, 0.2) is 0 Å². The minimum Gasteiger partial charge on any atom is -0.493 e. The van der Waals surface area contributed by atoms with Crippen LogP contribution in [0.1, 0.15) is 5.56 Å². The van der Waals surface area contributed by atoms with Gasteiger partial charge in [0.2, 0.25) is 5.95 Å². The maximum Gasteiger partial charge on any atom is 0.264 e. The molecule has 2 aromatic heterocycles. The zero-order valence-corrected chi connectivity index (χ0v) is 14.2. The number of sulfonamides is 1. The van der Waals surface area contributed by atoms with Crippen molar-refractivity contribution in [2.24, 2.45) is 0 Å². The van der Waals surface area contributed by atoms with Crippen LogP contribution in [0.5, 0.6) is 5.75 Å². The lowest BCUT2D eigenvalue weighted by Gasteiger charge is -2.08. The molecule has 0 aliphatic carbocycles. The second kappa shape index (κ2) is 6.34. The van der Waals surface area contributed by atoms with Crippen LogP contribution in [0.15, 0.2) is 53.9 Å². The van der Waals surface area contributed by atoms with Crippen molar-refractivity contribution in [3.05, 3.63) is 60.4 Å². The Morgan fingerprint density at radius 3 is 2.62 bits per heavy atom. The van der Waals surface area contributed by atoms with Crippen molar-refractivity contribution in [3.8, 4) is 16.9 Å². The third-order valence-electron chi connectivity index (χ3n) is 3.89. The van der Waals surface area contributed by atoms with Gasteiger partial charge >= 0.3 is 0 Å². The molecule has 0 saturated heterocycles. The average molecular weight is 372 g/mol. The molecule has 1 aromatic carbocycles. The number of fused-ring (bicyclic) bond motifs is 1. The molecule has 3 heterocycles. The van der Waals surface area contributed by atoms with E-state index in [9.17, 15) is 12.8 Å². The van der Waals surface area contributed by atoms with Crippen molar-refractivity contribution >= 4 is 16.0 Å². The van der Waals surface area contributed by atoms with Crippen molar-refractivity contribution in [1.29, 1.82) is 0 Å². The third kappa shape index (κ3) is 3.21. The highest BCUT2D eigenvalue weighted by atomic mass is 32.2. The van der Waals surface area contributed by atoms with E-state index < -0.39 is 15.8 Å². The van der Waals surface area contributed by atoms with E-state index in [1.807, 2.05) is 0 Å². The first-order valence-corrected chi connectivity index (χ1v) is 9.21. The van der Waals surface area contributed by atoms with Crippen LogP contribution in [-0.2, 0) is 16.4 Å². The minimum absolute atomic E-state index is 0.0742. The maximum absolute atomic E-state index is 13.2. The van der Waals surface area contributed by atoms with Crippen LogP contribution in [0.3, 0.4) is 0 Å². The molecule has 0 atom stereocenters. The van der Waals surface area contributed by atoms with Gasteiger partial charge in [-0.2, -0.15) is 0 Å². The summed E-state index contributed by atoms with van der Waals surface area (Å²) >= 11 is 0. The lowest BCUT2D eigenvalue weighted by molar-refractivity contribution is 0.356. The molecule has 9 heteroatoms. The smallest absolute Gasteiger partial charge is 0.264 e. The Hall–Kier alpha value is -3.07. The maximum atomic E-state index is 13.2. The SMILES string of the molecule is O=S(=O)(Nc1ncc(-c2cncc(F)c2)cn1)c1ccc2c(c1)CCO2. The van der Waals surface area contributed by atoms with Gasteiger partial charge in [-0.25, -0.2) is 27.5 Å². The van der Waals surface area contributed by atoms with Gasteiger partial charge in [0.1, 0.15) is 11.6 Å². The van der Waals surface area contributed by atoms with Crippen molar-refractivity contribution < 1.29 is 17.5 Å². The van der Waals surface area contributed by atoms with Gasteiger partial charge in [-0.3, -0.25) is 4.98 Å². The van der Waals surface area contributed by atoms with Gasteiger partial charge in [-0.15, -0.1) is 0 Å². The monoisotopic (exact) mass is 372 g/mol. The molecule has 1 aliphatic heterocycles. The van der Waals surface area contributed by atoms with Gasteiger partial charge < -0.3 is 4.74 Å². The lowest BCUT2D eigenvalue weighted by Crippen LogP contribution is -2.15. The summed E-state index contributed by atoms with van der Waals surface area (Å²) in [5.41, 5.74) is 1.87. The molecule has 4 rings (SSSR count). The fourth-order valence-electron chi connectivity index (χ4n) is 2.61. The van der Waals surface area contributed by atoms with Crippen molar-refractivity contribution in [1.82, 2.24) is 15.0 Å². The Labute approximate surface area is 149 Å². The summed E-state index contributed by atoms with van der Waals surface area (Å²) in [4.78, 5) is 11.9. The fourth-order valence-corrected chi connectivity index (χ4v) is 3.62. The number of ether oxygens (including phenoxy) is 1. The third-order valence-corrected chi connectivity index (χ3v) is 5.21. The molecule has 0 fully saturated rings. The van der Waals surface area contributed by atoms with Crippen LogP contribution in [-0.4, -0.2) is 30.0 Å². The quantitative estimate of drug-likeness (QED) is 0.756. The molecule has 1 N–H and O–H groups in total. The molecule has 0 amide bonds. The second-order valence-corrected chi connectivity index (χ2v) is 7.34. The van der Waals surface area contributed by atoms with E-state index in [1.165, 1.54) is 30.7 Å². The number of nitrogens with zero attached hydrogens (tertiary/aromatic N) is 3. The van der Waals surface area contributed by atoms with E-state index in [4.69, 9.17) is 4.74 Å². The predicted octanol–water partition coefficient (Wildman–Crippen LogP) is 2.41. The van der Waals surface area contributed by atoms with E-state index >= 15 is 0 Å². The Bertz CT molecular complexity index is 1070. The molecule has 7 nitrogen and oxygen atoms in total. The standard InChI is InChI=1S/C17H13FN4O3S/c18-14-5-12(7-19-10-14)13-8-20-17(21-9-13)22-26(23,24)15-1-2-16-11(6-15)3-4-25-16/h1-2,5-10H,3-4H2,(H,20,21,22). The highest BCUT2D eigenvalue weighted by Gasteiger charge is 2.20. The Kier molecular flexibility index (Phi) is 4.00. The first-order chi connectivity index (χ1) is 12.5. The summed E-state index contributed by atoms with van der Waals surface area (Å²) in [6.45, 7) is 0.547. The number of hydrogen-bond acceptors (Lipinski definition) is 6. The Balaban J connectivity index is 1.57. The number of nitrogens with one attached hydrogen (secondary N) is 1. The number of rotatable bonds is 4. The van der Waals surface area contributed by atoms with Crippen molar-refractivity contribution in [2.45, 2.75) is 11.3 Å². The van der Waals surface area contributed by atoms with Crippen LogP contribution in [0.2, 0.25) is 0 Å². The number of aromatic nitrogens is 3. The van der Waals surface area contributed by atoms with Crippen LogP contribution >= 0.6 is 0 Å². The summed E-state index contributed by atoms with van der Waals surface area (Å²) in [6, 6.07) is 5.98. The van der Waals surface area contributed by atoms with Crippen molar-refractivity contribution in [2.75, 3.05) is 11.3 Å². The summed E-state index contributed by atoms with van der Waals surface area (Å²) in [7, 11) is -3.82. The fraction of sp³-hybridized carbons (Fsp3) is 0.118. The van der Waals surface area contributed by atoms with Gasteiger partial charge in [0.05, 0.1) is 17.7 Å². The van der Waals surface area contributed by atoms with E-state index in [0.29, 0.717) is 29.9 Å². The van der Waals surface area contributed by atoms with Gasteiger partial charge in [-0.05, 0) is 29.8 Å². The number of hydrogen-bond donors (Lipinski definition) is 1. The molecule has 0 radical (unpaired) electrons. The summed E-state index contributed by atoms with van der Waals surface area (Å²) in [6.07, 6.45) is 6.04. The molecule has 0 saturated carbocycles. The van der Waals surface area contributed by atoms with Crippen LogP contribution < -0.4 is 9.46 Å². The molecule has 3 aromatic rings. The molecular weight excluding hydrogens is 359 g/mol. The average Bonchev–Trinajstić information content (AvgIpc) is 3.10. The molecule has 132 valence electrons. The molecule has 26 heavy (non-hydrogen) atoms. The predicted molar refractivity (Wildman–Crippen MR) is 91.7 cm³/mol. The first kappa shape index (κ1) is 16.4. The summed E-state index contributed by atoms with van der Waals surface area (Å²) in [5, 5.41) is 0. The number of anilines is 1. The summed E-state index contributed by atoms with van der Waals surface area (Å²) in [5.74, 6) is 0.149. The highest BCUT2D eigenvalue weighted by Crippen LogP contribution is 2.28. The van der Waals surface area contributed by atoms with E-state index in [0.717, 1.165) is 11.8 Å². The number of halogens is 1. The molecule has 0 bridgehead atoms. The van der Waals surface area contributed by atoms with Gasteiger partial charge in [0.25, 0.3) is 10.0 Å². The molecular formula is C17H13FN4O3S. The van der Waals surface area contributed by atoms with Crippen LogP contribution in [0.4, 0.5) is 10.3 Å². The number of benzene rings is 1. The Morgan fingerprint density at radius 2 is 1.85 bits per heavy atom. The highest BCUT2D eigenvalue weighted by molar-refractivity contribution is 7.92. The van der Waals surface area contributed by atoms with Crippen LogP contribution in [0, 0.1) is 5.82 Å². The van der Waals surface area contributed by atoms with E-state index in [2.05, 4.69) is 19.7 Å². The van der Waals surface area contributed by atoms with Gasteiger partial charge in [-0.1, -0.05) is 0 Å². The Morgan fingerprint density at radius 1 is 1.04 bits per heavy atom. The minimum atomic E-state index is -3.82. The lowest BCUT2D eigenvalue weighted by atomic mass is 10.1.